The third-order valence-electron chi connectivity index (χ3n) is 7.34. The van der Waals surface area contributed by atoms with Crippen LogP contribution in [-0.2, 0) is 7.05 Å². The fourth-order valence-corrected chi connectivity index (χ4v) is 5.27. The SMILES string of the molecule is Cn1c(=O)c2c(c3cc(Nc4nc(N5CC[C@](C)(O)C5)ncc4Cl)ccc31)N[C@@H](C1CC1)C(F)(F)CO2. The first-order valence-electron chi connectivity index (χ1n) is 12.2. The van der Waals surface area contributed by atoms with E-state index in [-0.39, 0.29) is 17.4 Å². The first-order valence-corrected chi connectivity index (χ1v) is 12.6. The average Bonchev–Trinajstić information content (AvgIpc) is 3.63. The highest BCUT2D eigenvalue weighted by atomic mass is 35.5. The largest absolute Gasteiger partial charge is 0.480 e. The molecule has 2 aromatic heterocycles. The van der Waals surface area contributed by atoms with Crippen molar-refractivity contribution < 1.29 is 18.6 Å². The summed E-state index contributed by atoms with van der Waals surface area (Å²) in [6.45, 7) is 1.94. The number of pyridine rings is 1. The van der Waals surface area contributed by atoms with Crippen molar-refractivity contribution in [2.24, 2.45) is 13.0 Å². The highest BCUT2D eigenvalue weighted by Gasteiger charge is 2.51. The number of aromatic nitrogens is 3. The van der Waals surface area contributed by atoms with Gasteiger partial charge in [0.25, 0.3) is 5.56 Å². The van der Waals surface area contributed by atoms with E-state index in [0.717, 1.165) is 0 Å². The van der Waals surface area contributed by atoms with Gasteiger partial charge in [-0.2, -0.15) is 4.98 Å². The third-order valence-corrected chi connectivity index (χ3v) is 7.62. The van der Waals surface area contributed by atoms with Crippen LogP contribution in [0.25, 0.3) is 10.9 Å². The first kappa shape index (κ1) is 24.2. The molecule has 2 fully saturated rings. The number of ether oxygens (including phenoxy) is 1. The number of aliphatic hydroxyl groups is 1. The van der Waals surface area contributed by atoms with E-state index in [1.54, 1.807) is 32.2 Å². The molecule has 0 bridgehead atoms. The van der Waals surface area contributed by atoms with E-state index in [1.165, 1.54) is 10.8 Å². The summed E-state index contributed by atoms with van der Waals surface area (Å²) < 4.78 is 36.6. The number of hydrogen-bond donors (Lipinski definition) is 3. The molecule has 1 aromatic carbocycles. The maximum atomic E-state index is 14.9. The van der Waals surface area contributed by atoms with Crippen molar-refractivity contribution in [2.75, 3.05) is 35.2 Å². The molecule has 3 aromatic rings. The molecule has 0 unspecified atom stereocenters. The molecule has 9 nitrogen and oxygen atoms in total. The minimum Gasteiger partial charge on any atom is -0.480 e. The van der Waals surface area contributed by atoms with Crippen LogP contribution in [0.1, 0.15) is 26.2 Å². The van der Waals surface area contributed by atoms with Crippen molar-refractivity contribution in [3.63, 3.8) is 0 Å². The summed E-state index contributed by atoms with van der Waals surface area (Å²) in [5.74, 6) is -2.60. The van der Waals surface area contributed by atoms with Gasteiger partial charge in [-0.1, -0.05) is 11.6 Å². The predicted octanol–water partition coefficient (Wildman–Crippen LogP) is 3.90. The maximum absolute atomic E-state index is 14.9. The van der Waals surface area contributed by atoms with Crippen LogP contribution < -0.4 is 25.8 Å². The molecule has 1 aliphatic carbocycles. The number of hydrogen-bond acceptors (Lipinski definition) is 8. The Morgan fingerprint density at radius 3 is 2.81 bits per heavy atom. The van der Waals surface area contributed by atoms with E-state index in [0.29, 0.717) is 65.7 Å². The van der Waals surface area contributed by atoms with Gasteiger partial charge in [0.1, 0.15) is 5.02 Å². The van der Waals surface area contributed by atoms with Crippen LogP contribution in [0.4, 0.5) is 31.9 Å². The maximum Gasteiger partial charge on any atom is 0.301 e. The Labute approximate surface area is 216 Å². The molecule has 4 heterocycles. The van der Waals surface area contributed by atoms with Crippen LogP contribution >= 0.6 is 11.6 Å². The van der Waals surface area contributed by atoms with Gasteiger partial charge in [0.2, 0.25) is 11.7 Å². The van der Waals surface area contributed by atoms with Crippen molar-refractivity contribution in [2.45, 2.75) is 43.8 Å². The van der Waals surface area contributed by atoms with E-state index in [4.69, 9.17) is 16.3 Å². The molecule has 3 N–H and O–H groups in total. The van der Waals surface area contributed by atoms with Gasteiger partial charge in [0.15, 0.2) is 12.4 Å². The van der Waals surface area contributed by atoms with Crippen molar-refractivity contribution in [1.29, 1.82) is 0 Å². The lowest BCUT2D eigenvalue weighted by Crippen LogP contribution is -2.44. The summed E-state index contributed by atoms with van der Waals surface area (Å²) in [5, 5.41) is 17.3. The highest BCUT2D eigenvalue weighted by molar-refractivity contribution is 6.32. The quantitative estimate of drug-likeness (QED) is 0.465. The Kier molecular flexibility index (Phi) is 5.50. The Morgan fingerprint density at radius 1 is 1.32 bits per heavy atom. The van der Waals surface area contributed by atoms with Crippen LogP contribution in [0, 0.1) is 5.92 Å². The van der Waals surface area contributed by atoms with Gasteiger partial charge >= 0.3 is 5.92 Å². The van der Waals surface area contributed by atoms with E-state index >= 15 is 0 Å². The van der Waals surface area contributed by atoms with Crippen molar-refractivity contribution >= 4 is 45.6 Å². The zero-order valence-electron chi connectivity index (χ0n) is 20.4. The number of β-amino-alcohol motifs (C(OH)–C–C–N with tert-alkyl or cyclic N) is 1. The zero-order valence-corrected chi connectivity index (χ0v) is 21.1. The van der Waals surface area contributed by atoms with Crippen LogP contribution in [0.2, 0.25) is 5.02 Å². The lowest BCUT2D eigenvalue weighted by Gasteiger charge is -2.25. The summed E-state index contributed by atoms with van der Waals surface area (Å²) in [6.07, 6.45) is 3.51. The molecular formula is C25H27ClF2N6O3. The second kappa shape index (κ2) is 8.42. The lowest BCUT2D eigenvalue weighted by atomic mass is 10.0. The number of benzene rings is 1. The lowest BCUT2D eigenvalue weighted by molar-refractivity contribution is -0.0579. The smallest absolute Gasteiger partial charge is 0.301 e. The van der Waals surface area contributed by atoms with Gasteiger partial charge in [-0.15, -0.1) is 0 Å². The molecule has 196 valence electrons. The second-order valence-electron chi connectivity index (χ2n) is 10.5. The minimum absolute atomic E-state index is 0.113. The van der Waals surface area contributed by atoms with Gasteiger partial charge in [-0.3, -0.25) is 4.79 Å². The Bertz CT molecular complexity index is 1460. The Balaban J connectivity index is 1.39. The number of aryl methyl sites for hydroxylation is 1. The highest BCUT2D eigenvalue weighted by Crippen LogP contribution is 2.45. The van der Waals surface area contributed by atoms with Crippen molar-refractivity contribution in [3.05, 3.63) is 39.8 Å². The fraction of sp³-hybridized carbons (Fsp3) is 0.480. The van der Waals surface area contributed by atoms with E-state index in [2.05, 4.69) is 20.6 Å². The molecule has 1 saturated carbocycles. The number of anilines is 4. The Morgan fingerprint density at radius 2 is 2.11 bits per heavy atom. The van der Waals surface area contributed by atoms with Gasteiger partial charge < -0.3 is 29.9 Å². The van der Waals surface area contributed by atoms with Crippen molar-refractivity contribution in [3.8, 4) is 5.75 Å². The summed E-state index contributed by atoms with van der Waals surface area (Å²) in [6, 6.07) is 4.15. The summed E-state index contributed by atoms with van der Waals surface area (Å²) in [7, 11) is 1.58. The van der Waals surface area contributed by atoms with Crippen molar-refractivity contribution in [1.82, 2.24) is 14.5 Å². The monoisotopic (exact) mass is 532 g/mol. The summed E-state index contributed by atoms with van der Waals surface area (Å²) in [5.41, 5.74) is 0.137. The van der Waals surface area contributed by atoms with E-state index < -0.39 is 29.7 Å². The number of nitrogens with one attached hydrogen (secondary N) is 2. The molecule has 37 heavy (non-hydrogen) atoms. The first-order chi connectivity index (χ1) is 17.5. The van der Waals surface area contributed by atoms with Gasteiger partial charge in [-0.25, -0.2) is 13.8 Å². The molecule has 0 spiro atoms. The third kappa shape index (κ3) is 4.33. The normalized spacial score (nSPS) is 24.8. The molecule has 1 saturated heterocycles. The summed E-state index contributed by atoms with van der Waals surface area (Å²) in [4.78, 5) is 23.7. The zero-order chi connectivity index (χ0) is 26.1. The van der Waals surface area contributed by atoms with E-state index in [9.17, 15) is 18.7 Å². The molecular weight excluding hydrogens is 506 g/mol. The van der Waals surface area contributed by atoms with Crippen LogP contribution in [0.15, 0.2) is 29.2 Å². The van der Waals surface area contributed by atoms with E-state index in [1.807, 2.05) is 4.90 Å². The summed E-state index contributed by atoms with van der Waals surface area (Å²) >= 11 is 6.39. The number of alkyl halides is 2. The molecule has 0 amide bonds. The molecule has 2 atom stereocenters. The molecule has 2 aliphatic heterocycles. The minimum atomic E-state index is -3.11. The molecule has 6 rings (SSSR count). The Hall–Kier alpha value is -3.18. The second-order valence-corrected chi connectivity index (χ2v) is 10.9. The molecule has 12 heteroatoms. The van der Waals surface area contributed by atoms with Gasteiger partial charge in [0, 0.05) is 31.2 Å². The topological polar surface area (TPSA) is 105 Å². The number of fused-ring (bicyclic) bond motifs is 3. The molecule has 0 radical (unpaired) electrons. The fourth-order valence-electron chi connectivity index (χ4n) is 5.14. The number of rotatable bonds is 4. The predicted molar refractivity (Wildman–Crippen MR) is 138 cm³/mol. The van der Waals surface area contributed by atoms with Crippen LogP contribution in [-0.4, -0.2) is 56.9 Å². The number of nitrogens with zero attached hydrogens (tertiary/aromatic N) is 4. The standard InChI is InChI=1S/C25H27ClF2N6O3/c1-24(36)7-8-34(11-24)23-29-10-16(26)21(32-23)30-14-5-6-17-15(9-14)18-19(22(35)33(17)2)37-12-25(27,28)20(31-18)13-3-4-13/h5-6,9-10,13,20,31,36H,3-4,7-8,11-12H2,1-2H3,(H,29,30,32)/t20-,24-/m0/s1. The van der Waals surface area contributed by atoms with Gasteiger partial charge in [-0.05, 0) is 50.3 Å². The molecule has 3 aliphatic rings. The van der Waals surface area contributed by atoms with Crippen LogP contribution in [0.5, 0.6) is 5.75 Å². The van der Waals surface area contributed by atoms with Gasteiger partial charge in [0.05, 0.1) is 29.0 Å². The average molecular weight is 533 g/mol. The van der Waals surface area contributed by atoms with Crippen LogP contribution in [0.3, 0.4) is 0 Å². The number of halogens is 3.